The number of imidazole rings is 1. The number of aromatic nitrogens is 4. The van der Waals surface area contributed by atoms with E-state index in [-0.39, 0.29) is 17.0 Å². The molecule has 41 heavy (non-hydrogen) atoms. The van der Waals surface area contributed by atoms with Crippen LogP contribution in [-0.2, 0) is 32.8 Å². The molecule has 0 unspecified atom stereocenters. The van der Waals surface area contributed by atoms with Crippen LogP contribution < -0.4 is 26.2 Å². The number of ether oxygens (including phenoxy) is 5. The van der Waals surface area contributed by atoms with Crippen molar-refractivity contribution in [1.82, 2.24) is 19.5 Å². The van der Waals surface area contributed by atoms with Crippen molar-refractivity contribution in [3.05, 3.63) is 12.7 Å². The highest BCUT2D eigenvalue weighted by molar-refractivity contribution is 7.43. The molecule has 0 spiro atoms. The third kappa shape index (κ3) is 14.2. The third-order valence-corrected chi connectivity index (χ3v) is 5.97. The van der Waals surface area contributed by atoms with Gasteiger partial charge in [0, 0.05) is 28.4 Å². The highest BCUT2D eigenvalue weighted by Crippen LogP contribution is 2.34. The molecule has 4 atom stereocenters. The summed E-state index contributed by atoms with van der Waals surface area (Å²) in [6.07, 6.45) is -2.75. The number of phosphoric acid groups is 1. The SMILES string of the molecule is COCC[NH2+]CCOC.COCC[NH2+]CCOC.Nc1ncnc2c1ncn2[C@@H]1O[C@H](COP(=O)([O-])[O-])[C@@H](O)[C@H]1O. The standard InChI is InChI=1S/C10H14N5O7P.2C6H15NO2/c11-8-5-9(13-2-12-8)15(3-14-5)10-7(17)6(16)4(22-10)1-21-23(18,19)20;2*1-8-5-3-7-4-6-9-2/h2-4,6-7,10,16-17H,1H2,(H2,11,12,13)(H2,18,19,20);2*7H,3-6H2,1-2H3/t4-,6-,7-,10-;;/m1../s1. The van der Waals surface area contributed by atoms with E-state index in [0.29, 0.717) is 0 Å². The maximum absolute atomic E-state index is 10.5. The predicted molar refractivity (Wildman–Crippen MR) is 140 cm³/mol. The van der Waals surface area contributed by atoms with Gasteiger partial charge >= 0.3 is 0 Å². The molecular formula is C22H44N7O11P. The molecule has 1 fully saturated rings. The van der Waals surface area contributed by atoms with Crippen LogP contribution in [0.15, 0.2) is 12.7 Å². The number of hydrogen-bond donors (Lipinski definition) is 5. The molecule has 1 aliphatic rings. The van der Waals surface area contributed by atoms with Crippen molar-refractivity contribution in [2.75, 3.05) is 93.4 Å². The molecule has 18 nitrogen and oxygen atoms in total. The Morgan fingerprint density at radius 1 is 0.927 bits per heavy atom. The largest absolute Gasteiger partial charge is 0.790 e. The summed E-state index contributed by atoms with van der Waals surface area (Å²) in [5.41, 5.74) is 6.19. The molecule has 1 saturated heterocycles. The average molecular weight is 614 g/mol. The second kappa shape index (κ2) is 20.9. The molecule has 0 radical (unpaired) electrons. The van der Waals surface area contributed by atoms with Gasteiger partial charge in [0.1, 0.15) is 30.2 Å². The van der Waals surface area contributed by atoms with Crippen molar-refractivity contribution in [2.24, 2.45) is 0 Å². The molecule has 0 saturated carbocycles. The number of nitrogens with two attached hydrogens (primary N) is 3. The summed E-state index contributed by atoms with van der Waals surface area (Å²) < 4.78 is 40.7. The van der Waals surface area contributed by atoms with Crippen molar-refractivity contribution in [3.8, 4) is 0 Å². The number of aliphatic hydroxyl groups excluding tert-OH is 2. The first-order valence-electron chi connectivity index (χ1n) is 12.8. The van der Waals surface area contributed by atoms with Crippen LogP contribution in [0.5, 0.6) is 0 Å². The van der Waals surface area contributed by atoms with E-state index in [4.69, 9.17) is 29.4 Å². The molecule has 3 rings (SSSR count). The van der Waals surface area contributed by atoms with E-state index in [0.717, 1.165) is 52.6 Å². The van der Waals surface area contributed by atoms with Crippen LogP contribution in [0.1, 0.15) is 6.23 Å². The second-order valence-corrected chi connectivity index (χ2v) is 9.73. The van der Waals surface area contributed by atoms with E-state index in [1.54, 1.807) is 28.4 Å². The molecule has 0 amide bonds. The Bertz CT molecular complexity index is 974. The van der Waals surface area contributed by atoms with Crippen LogP contribution in [0.25, 0.3) is 11.2 Å². The minimum Gasteiger partial charge on any atom is -0.790 e. The van der Waals surface area contributed by atoms with Crippen molar-refractivity contribution >= 4 is 24.8 Å². The minimum absolute atomic E-state index is 0.125. The van der Waals surface area contributed by atoms with Crippen molar-refractivity contribution < 1.29 is 63.4 Å². The summed E-state index contributed by atoms with van der Waals surface area (Å²) in [5.74, 6) is 0.125. The number of rotatable bonds is 16. The smallest absolute Gasteiger partial charge is 0.167 e. The van der Waals surface area contributed by atoms with E-state index >= 15 is 0 Å². The lowest BCUT2D eigenvalue weighted by molar-refractivity contribution is -0.657. The fourth-order valence-electron chi connectivity index (χ4n) is 3.41. The van der Waals surface area contributed by atoms with Crippen molar-refractivity contribution in [1.29, 1.82) is 0 Å². The number of nitrogen functional groups attached to an aromatic ring is 1. The Balaban J connectivity index is 0.000000387. The summed E-state index contributed by atoms with van der Waals surface area (Å²) in [6.45, 7) is 6.68. The number of hydrogen-bond acceptors (Lipinski definition) is 15. The number of anilines is 1. The van der Waals surface area contributed by atoms with Gasteiger partial charge in [-0.05, 0) is 0 Å². The summed E-state index contributed by atoms with van der Waals surface area (Å²) in [5, 5.41) is 24.3. The number of aliphatic hydroxyl groups is 2. The van der Waals surface area contributed by atoms with Gasteiger partial charge in [-0.2, -0.15) is 0 Å². The van der Waals surface area contributed by atoms with Crippen LogP contribution in [0, 0.1) is 0 Å². The van der Waals surface area contributed by atoms with Gasteiger partial charge in [0.05, 0.1) is 73.4 Å². The van der Waals surface area contributed by atoms with Gasteiger partial charge in [-0.25, -0.2) is 15.0 Å². The Labute approximate surface area is 238 Å². The number of quaternary nitrogens is 2. The molecule has 1 aliphatic heterocycles. The Morgan fingerprint density at radius 3 is 1.90 bits per heavy atom. The molecule has 8 N–H and O–H groups in total. The topological polar surface area (TPSA) is 262 Å². The van der Waals surface area contributed by atoms with Gasteiger partial charge in [-0.15, -0.1) is 0 Å². The first-order chi connectivity index (χ1) is 19.6. The Morgan fingerprint density at radius 2 is 1.44 bits per heavy atom. The molecule has 0 aromatic carbocycles. The summed E-state index contributed by atoms with van der Waals surface area (Å²) in [6, 6.07) is 0. The molecule has 0 bridgehead atoms. The Hall–Kier alpha value is -1.90. The molecule has 0 aliphatic carbocycles. The highest BCUT2D eigenvalue weighted by atomic mass is 31.2. The Kier molecular flexibility index (Phi) is 18.9. The van der Waals surface area contributed by atoms with Crippen LogP contribution in [0.3, 0.4) is 0 Å². The highest BCUT2D eigenvalue weighted by Gasteiger charge is 2.44. The molecule has 238 valence electrons. The van der Waals surface area contributed by atoms with E-state index in [1.165, 1.54) is 17.2 Å². The molecule has 19 heteroatoms. The predicted octanol–water partition coefficient (Wildman–Crippen LogP) is -5.44. The summed E-state index contributed by atoms with van der Waals surface area (Å²) in [4.78, 5) is 32.8. The van der Waals surface area contributed by atoms with Crippen LogP contribution in [0.2, 0.25) is 0 Å². The summed E-state index contributed by atoms with van der Waals surface area (Å²) in [7, 11) is 1.63. The zero-order valence-corrected chi connectivity index (χ0v) is 24.8. The van der Waals surface area contributed by atoms with Crippen LogP contribution in [0.4, 0.5) is 5.82 Å². The number of nitrogens with zero attached hydrogens (tertiary/aromatic N) is 4. The maximum atomic E-state index is 10.5. The van der Waals surface area contributed by atoms with Crippen molar-refractivity contribution in [2.45, 2.75) is 24.5 Å². The van der Waals surface area contributed by atoms with E-state index in [9.17, 15) is 24.6 Å². The number of fused-ring (bicyclic) bond motifs is 1. The third-order valence-electron chi connectivity index (χ3n) is 5.50. The molecule has 3 heterocycles. The van der Waals surface area contributed by atoms with E-state index in [2.05, 4.69) is 30.1 Å². The quantitative estimate of drug-likeness (QED) is 0.0873. The second-order valence-electron chi connectivity index (χ2n) is 8.58. The zero-order chi connectivity index (χ0) is 30.7. The molecule has 2 aromatic rings. The van der Waals surface area contributed by atoms with Gasteiger partial charge < -0.3 is 69.1 Å². The van der Waals surface area contributed by atoms with Crippen molar-refractivity contribution in [3.63, 3.8) is 0 Å². The number of methoxy groups -OCH3 is 4. The van der Waals surface area contributed by atoms with Crippen LogP contribution >= 0.6 is 7.82 Å². The van der Waals surface area contributed by atoms with Gasteiger partial charge in [0.15, 0.2) is 17.7 Å². The van der Waals surface area contributed by atoms with Gasteiger partial charge in [-0.1, -0.05) is 0 Å². The lowest BCUT2D eigenvalue weighted by Crippen LogP contribution is -2.86. The van der Waals surface area contributed by atoms with E-state index in [1.807, 2.05) is 0 Å². The lowest BCUT2D eigenvalue weighted by Gasteiger charge is -2.30. The van der Waals surface area contributed by atoms with Gasteiger partial charge in [-0.3, -0.25) is 4.57 Å². The molecular weight excluding hydrogens is 569 g/mol. The molecule has 2 aromatic heterocycles. The first-order valence-corrected chi connectivity index (χ1v) is 14.3. The minimum atomic E-state index is -5.22. The first kappa shape index (κ1) is 37.1. The monoisotopic (exact) mass is 613 g/mol. The fourth-order valence-corrected chi connectivity index (χ4v) is 3.74. The summed E-state index contributed by atoms with van der Waals surface area (Å²) >= 11 is 0. The number of phosphoric ester groups is 1. The maximum Gasteiger partial charge on any atom is 0.167 e. The van der Waals surface area contributed by atoms with Gasteiger partial charge in [0.2, 0.25) is 0 Å². The average Bonchev–Trinajstić information content (AvgIpc) is 3.49. The normalized spacial score (nSPS) is 20.4. The van der Waals surface area contributed by atoms with Crippen LogP contribution in [-0.4, -0.2) is 136 Å². The fraction of sp³-hybridized carbons (Fsp3) is 0.773. The van der Waals surface area contributed by atoms with E-state index < -0.39 is 39.0 Å². The zero-order valence-electron chi connectivity index (χ0n) is 23.9. The van der Waals surface area contributed by atoms with Gasteiger partial charge in [0.25, 0.3) is 0 Å². The lowest BCUT2D eigenvalue weighted by atomic mass is 10.1.